The van der Waals surface area contributed by atoms with Crippen molar-refractivity contribution in [2.75, 3.05) is 5.32 Å². The second-order valence-electron chi connectivity index (χ2n) is 6.36. The number of aryl methyl sites for hydroxylation is 1. The molecule has 2 heterocycles. The van der Waals surface area contributed by atoms with Gasteiger partial charge >= 0.3 is 5.97 Å². The fourth-order valence-corrected chi connectivity index (χ4v) is 3.57. The van der Waals surface area contributed by atoms with Crippen LogP contribution >= 0.6 is 0 Å². The quantitative estimate of drug-likeness (QED) is 0.896. The van der Waals surface area contributed by atoms with Gasteiger partial charge in [0.05, 0.1) is 18.6 Å². The lowest BCUT2D eigenvalue weighted by Gasteiger charge is -2.18. The molecule has 25 heavy (non-hydrogen) atoms. The molecule has 2 N–H and O–H groups in total. The number of nitrogens with one attached hydrogen (secondary N) is 1. The first kappa shape index (κ1) is 15.8. The number of aliphatic carboxylic acids is 1. The number of fused-ring (bicyclic) bond motifs is 2. The molecule has 0 aliphatic carbocycles. The molecule has 0 spiro atoms. The van der Waals surface area contributed by atoms with Gasteiger partial charge in [0, 0.05) is 12.1 Å². The minimum atomic E-state index is -0.837. The molecule has 4 rings (SSSR count). The largest absolute Gasteiger partial charge is 0.481 e. The van der Waals surface area contributed by atoms with Crippen LogP contribution in [0.15, 0.2) is 36.4 Å². The summed E-state index contributed by atoms with van der Waals surface area (Å²) in [7, 11) is 0. The van der Waals surface area contributed by atoms with Gasteiger partial charge in [-0.3, -0.25) is 9.59 Å². The molecule has 2 aliphatic rings. The highest BCUT2D eigenvalue weighted by molar-refractivity contribution is 6.03. The summed E-state index contributed by atoms with van der Waals surface area (Å²) in [6.07, 6.45) is 0.0537. The van der Waals surface area contributed by atoms with Gasteiger partial charge in [0.2, 0.25) is 5.91 Å². The average Bonchev–Trinajstić information content (AvgIpc) is 3.12. The zero-order valence-electron chi connectivity index (χ0n) is 13.3. The Hall–Kier alpha value is -2.73. The van der Waals surface area contributed by atoms with Crippen LogP contribution in [0.5, 0.6) is 0 Å². The van der Waals surface area contributed by atoms with E-state index in [1.54, 1.807) is 6.07 Å². The summed E-state index contributed by atoms with van der Waals surface area (Å²) in [5.41, 5.74) is 4.00. The Labute approximate surface area is 143 Å². The first-order valence-electron chi connectivity index (χ1n) is 8.08. The molecule has 2 aromatic carbocycles. The molecule has 2 aromatic rings. The van der Waals surface area contributed by atoms with Gasteiger partial charge < -0.3 is 15.2 Å². The van der Waals surface area contributed by atoms with Crippen molar-refractivity contribution in [2.24, 2.45) is 0 Å². The molecule has 2 atom stereocenters. The summed E-state index contributed by atoms with van der Waals surface area (Å²) in [5.74, 6) is -2.01. The number of carboxylic acids is 1. The Morgan fingerprint density at radius 3 is 2.88 bits per heavy atom. The molecule has 0 radical (unpaired) electrons. The van der Waals surface area contributed by atoms with Crippen molar-refractivity contribution in [2.45, 2.75) is 31.5 Å². The van der Waals surface area contributed by atoms with Crippen molar-refractivity contribution in [3.05, 3.63) is 64.5 Å². The van der Waals surface area contributed by atoms with Crippen LogP contribution in [0.2, 0.25) is 0 Å². The summed E-state index contributed by atoms with van der Waals surface area (Å²) in [4.78, 5) is 23.1. The van der Waals surface area contributed by atoms with Crippen molar-refractivity contribution < 1.29 is 23.8 Å². The Kier molecular flexibility index (Phi) is 3.77. The van der Waals surface area contributed by atoms with Crippen molar-refractivity contribution in [1.82, 2.24) is 0 Å². The van der Waals surface area contributed by atoms with E-state index in [0.717, 1.165) is 16.7 Å². The van der Waals surface area contributed by atoms with Crippen LogP contribution in [-0.4, -0.2) is 17.0 Å². The van der Waals surface area contributed by atoms with Crippen molar-refractivity contribution in [3.8, 4) is 0 Å². The van der Waals surface area contributed by atoms with Gasteiger partial charge in [-0.15, -0.1) is 0 Å². The number of anilines is 1. The zero-order valence-corrected chi connectivity index (χ0v) is 13.3. The molecule has 0 fully saturated rings. The van der Waals surface area contributed by atoms with E-state index in [4.69, 9.17) is 9.84 Å². The fourth-order valence-electron chi connectivity index (χ4n) is 3.57. The molecule has 2 unspecified atom stereocenters. The lowest BCUT2D eigenvalue weighted by atomic mass is 9.88. The van der Waals surface area contributed by atoms with Gasteiger partial charge in [0.1, 0.15) is 5.82 Å². The van der Waals surface area contributed by atoms with Gasteiger partial charge in [-0.25, -0.2) is 4.39 Å². The fraction of sp³-hybridized carbons (Fsp3) is 0.263. The number of amides is 1. The molecule has 6 heteroatoms. The lowest BCUT2D eigenvalue weighted by Crippen LogP contribution is -2.19. The van der Waals surface area contributed by atoms with Gasteiger partial charge in [-0.1, -0.05) is 18.2 Å². The van der Waals surface area contributed by atoms with E-state index < -0.39 is 18.0 Å². The van der Waals surface area contributed by atoms with Gasteiger partial charge in [-0.2, -0.15) is 0 Å². The monoisotopic (exact) mass is 341 g/mol. The second kappa shape index (κ2) is 5.97. The first-order chi connectivity index (χ1) is 12.0. The molecule has 0 aromatic heterocycles. The number of carbonyl (C=O) groups is 2. The van der Waals surface area contributed by atoms with Crippen LogP contribution in [0.3, 0.4) is 0 Å². The summed E-state index contributed by atoms with van der Waals surface area (Å²) in [5, 5.41) is 11.6. The van der Waals surface area contributed by atoms with Gasteiger partial charge in [0.25, 0.3) is 0 Å². The Morgan fingerprint density at radius 1 is 1.24 bits per heavy atom. The summed E-state index contributed by atoms with van der Waals surface area (Å²) in [6.45, 7) is 0.356. The van der Waals surface area contributed by atoms with Crippen molar-refractivity contribution in [1.29, 1.82) is 0 Å². The Balaban J connectivity index is 1.64. The maximum absolute atomic E-state index is 13.6. The molecular weight excluding hydrogens is 325 g/mol. The highest BCUT2D eigenvalue weighted by Gasteiger charge is 2.41. The van der Waals surface area contributed by atoms with E-state index in [0.29, 0.717) is 24.3 Å². The standard InChI is InChI=1S/C19H16FNO4/c20-12-3-5-15-14(8-12)17(19(24)21-15)18-13-4-1-10(2-6-16(22)23)7-11(13)9-25-18/h1,3-5,7-8,17-18H,2,6,9H2,(H,21,24)(H,22,23). The molecule has 2 aliphatic heterocycles. The van der Waals surface area contributed by atoms with Crippen LogP contribution in [0, 0.1) is 5.82 Å². The van der Waals surface area contributed by atoms with E-state index in [1.807, 2.05) is 18.2 Å². The number of ether oxygens (including phenoxy) is 1. The normalized spacial score (nSPS) is 20.9. The minimum absolute atomic E-state index is 0.0702. The maximum atomic E-state index is 13.6. The third-order valence-corrected chi connectivity index (χ3v) is 4.75. The number of carbonyl (C=O) groups excluding carboxylic acids is 1. The van der Waals surface area contributed by atoms with Crippen molar-refractivity contribution >= 4 is 17.6 Å². The summed E-state index contributed by atoms with van der Waals surface area (Å²) in [6, 6.07) is 9.93. The number of rotatable bonds is 4. The topological polar surface area (TPSA) is 75.6 Å². The molecule has 0 bridgehead atoms. The lowest BCUT2D eigenvalue weighted by molar-refractivity contribution is -0.137. The maximum Gasteiger partial charge on any atom is 0.303 e. The van der Waals surface area contributed by atoms with Crippen LogP contribution in [0.1, 0.15) is 40.7 Å². The number of carboxylic acid groups (broad SMARTS) is 1. The smallest absolute Gasteiger partial charge is 0.303 e. The summed E-state index contributed by atoms with van der Waals surface area (Å²) >= 11 is 0. The first-order valence-corrected chi connectivity index (χ1v) is 8.08. The van der Waals surface area contributed by atoms with Crippen molar-refractivity contribution in [3.63, 3.8) is 0 Å². The minimum Gasteiger partial charge on any atom is -0.481 e. The Bertz CT molecular complexity index is 880. The molecule has 1 amide bonds. The number of hydrogen-bond donors (Lipinski definition) is 2. The molecule has 128 valence electrons. The predicted octanol–water partition coefficient (Wildman–Crippen LogP) is 3.15. The third-order valence-electron chi connectivity index (χ3n) is 4.75. The van der Waals surface area contributed by atoms with E-state index >= 15 is 0 Å². The Morgan fingerprint density at radius 2 is 2.08 bits per heavy atom. The van der Waals surface area contributed by atoms with Gasteiger partial charge in [-0.05, 0) is 46.9 Å². The van der Waals surface area contributed by atoms with E-state index in [1.165, 1.54) is 12.1 Å². The SMILES string of the molecule is O=C(O)CCc1ccc2c(c1)COC2C1C(=O)Nc2ccc(F)cc21. The second-order valence-corrected chi connectivity index (χ2v) is 6.36. The average molecular weight is 341 g/mol. The van der Waals surface area contributed by atoms with E-state index in [9.17, 15) is 14.0 Å². The molecule has 0 saturated carbocycles. The molecular formula is C19H16FNO4. The molecule has 0 saturated heterocycles. The number of benzene rings is 2. The van der Waals surface area contributed by atoms with Gasteiger partial charge in [0.15, 0.2) is 0 Å². The van der Waals surface area contributed by atoms with Crippen LogP contribution in [0.4, 0.5) is 10.1 Å². The van der Waals surface area contributed by atoms with E-state index in [-0.39, 0.29) is 18.1 Å². The highest BCUT2D eigenvalue weighted by Crippen LogP contribution is 2.46. The van der Waals surface area contributed by atoms with E-state index in [2.05, 4.69) is 5.32 Å². The summed E-state index contributed by atoms with van der Waals surface area (Å²) < 4.78 is 19.5. The predicted molar refractivity (Wildman–Crippen MR) is 87.7 cm³/mol. The highest BCUT2D eigenvalue weighted by atomic mass is 19.1. The third kappa shape index (κ3) is 2.78. The van der Waals surface area contributed by atoms with Crippen LogP contribution in [0.25, 0.3) is 0 Å². The number of halogens is 1. The van der Waals surface area contributed by atoms with Crippen LogP contribution < -0.4 is 5.32 Å². The molecule has 5 nitrogen and oxygen atoms in total. The van der Waals surface area contributed by atoms with Crippen LogP contribution in [-0.2, 0) is 27.4 Å². The number of hydrogen-bond acceptors (Lipinski definition) is 3. The zero-order chi connectivity index (χ0) is 17.6.